The van der Waals surface area contributed by atoms with Crippen LogP contribution in [0.4, 0.5) is 0 Å². The van der Waals surface area contributed by atoms with E-state index < -0.39 is 0 Å². The predicted octanol–water partition coefficient (Wildman–Crippen LogP) is 4.24. The van der Waals surface area contributed by atoms with Crippen LogP contribution in [0.3, 0.4) is 0 Å². The minimum Gasteiger partial charge on any atom is -0.338 e. The summed E-state index contributed by atoms with van der Waals surface area (Å²) in [6.45, 7) is 1.98. The standard InChI is InChI=1S/C22H23ClN4O.ClH/c23-18-8-6-17(7-9-18)21-20(22(28)26-12-10-19(24)11-13-26)15-27(25-21)14-16-4-2-1-3-5-16;/h1-9,15,19H,10-14,24H2;1H. The van der Waals surface area contributed by atoms with Gasteiger partial charge in [0.05, 0.1) is 12.1 Å². The van der Waals surface area contributed by atoms with Gasteiger partial charge in [-0.05, 0) is 30.5 Å². The third-order valence-corrected chi connectivity index (χ3v) is 5.38. The SMILES string of the molecule is Cl.NC1CCN(C(=O)c2cn(Cc3ccccc3)nc2-c2ccc(Cl)cc2)CC1. The summed E-state index contributed by atoms with van der Waals surface area (Å²) in [6, 6.07) is 17.7. The van der Waals surface area contributed by atoms with Crippen molar-refractivity contribution in [3.05, 3.63) is 76.9 Å². The molecule has 0 bridgehead atoms. The predicted molar refractivity (Wildman–Crippen MR) is 119 cm³/mol. The molecule has 0 saturated carbocycles. The molecule has 0 spiro atoms. The Hall–Kier alpha value is -2.34. The van der Waals surface area contributed by atoms with Crippen molar-refractivity contribution in [2.45, 2.75) is 25.4 Å². The summed E-state index contributed by atoms with van der Waals surface area (Å²) in [5, 5.41) is 5.40. The van der Waals surface area contributed by atoms with Gasteiger partial charge in [0.2, 0.25) is 0 Å². The van der Waals surface area contributed by atoms with Crippen molar-refractivity contribution in [3.63, 3.8) is 0 Å². The van der Waals surface area contributed by atoms with Gasteiger partial charge in [0.1, 0.15) is 5.69 Å². The lowest BCUT2D eigenvalue weighted by Crippen LogP contribution is -2.42. The molecule has 2 N–H and O–H groups in total. The number of piperidine rings is 1. The number of hydrogen-bond acceptors (Lipinski definition) is 3. The molecular formula is C22H24Cl2N4O. The van der Waals surface area contributed by atoms with Crippen LogP contribution < -0.4 is 5.73 Å². The van der Waals surface area contributed by atoms with Gasteiger partial charge in [-0.25, -0.2) is 0 Å². The quantitative estimate of drug-likeness (QED) is 0.672. The molecule has 0 radical (unpaired) electrons. The van der Waals surface area contributed by atoms with Crippen LogP contribution in [0, 0.1) is 0 Å². The van der Waals surface area contributed by atoms with Crippen LogP contribution in [0.15, 0.2) is 60.8 Å². The van der Waals surface area contributed by atoms with E-state index in [-0.39, 0.29) is 24.4 Å². The van der Waals surface area contributed by atoms with E-state index in [1.54, 1.807) is 0 Å². The number of nitrogens with two attached hydrogens (primary N) is 1. The highest BCUT2D eigenvalue weighted by Crippen LogP contribution is 2.26. The van der Waals surface area contributed by atoms with Gasteiger partial charge in [-0.3, -0.25) is 9.48 Å². The Labute approximate surface area is 181 Å². The van der Waals surface area contributed by atoms with E-state index in [9.17, 15) is 4.79 Å². The Morgan fingerprint density at radius 3 is 2.38 bits per heavy atom. The van der Waals surface area contributed by atoms with Gasteiger partial charge in [-0.15, -0.1) is 12.4 Å². The van der Waals surface area contributed by atoms with Crippen molar-refractivity contribution >= 4 is 29.9 Å². The number of hydrogen-bond donors (Lipinski definition) is 1. The van der Waals surface area contributed by atoms with Gasteiger partial charge in [-0.2, -0.15) is 5.10 Å². The summed E-state index contributed by atoms with van der Waals surface area (Å²) in [5.74, 6) is 0.0103. The zero-order valence-corrected chi connectivity index (χ0v) is 17.6. The Bertz CT molecular complexity index is 949. The van der Waals surface area contributed by atoms with Gasteiger partial charge in [0.25, 0.3) is 5.91 Å². The molecule has 1 aliphatic rings. The molecule has 152 valence electrons. The van der Waals surface area contributed by atoms with Gasteiger partial charge in [0.15, 0.2) is 0 Å². The van der Waals surface area contributed by atoms with E-state index >= 15 is 0 Å². The summed E-state index contributed by atoms with van der Waals surface area (Å²) in [5.41, 5.74) is 9.32. The first-order chi connectivity index (χ1) is 13.6. The Morgan fingerprint density at radius 1 is 1.07 bits per heavy atom. The lowest BCUT2D eigenvalue weighted by Gasteiger charge is -2.30. The highest BCUT2D eigenvalue weighted by atomic mass is 35.5. The largest absolute Gasteiger partial charge is 0.338 e. The van der Waals surface area contributed by atoms with Gasteiger partial charge in [0, 0.05) is 35.9 Å². The van der Waals surface area contributed by atoms with Crippen molar-refractivity contribution in [3.8, 4) is 11.3 Å². The molecule has 1 fully saturated rings. The lowest BCUT2D eigenvalue weighted by atomic mass is 10.0. The summed E-state index contributed by atoms with van der Waals surface area (Å²) < 4.78 is 1.84. The monoisotopic (exact) mass is 430 g/mol. The number of aromatic nitrogens is 2. The Kier molecular flexibility index (Phi) is 6.96. The van der Waals surface area contributed by atoms with Gasteiger partial charge < -0.3 is 10.6 Å². The van der Waals surface area contributed by atoms with Crippen LogP contribution in [0.25, 0.3) is 11.3 Å². The molecule has 0 atom stereocenters. The molecule has 2 aromatic carbocycles. The maximum atomic E-state index is 13.2. The minimum atomic E-state index is 0. The smallest absolute Gasteiger partial charge is 0.257 e. The number of benzene rings is 2. The Morgan fingerprint density at radius 2 is 1.72 bits per heavy atom. The van der Waals surface area contributed by atoms with Crippen molar-refractivity contribution in [2.24, 2.45) is 5.73 Å². The molecule has 0 aliphatic carbocycles. The van der Waals surface area contributed by atoms with E-state index in [1.807, 2.05) is 58.2 Å². The molecule has 3 aromatic rings. The molecule has 1 aromatic heterocycles. The number of likely N-dealkylation sites (tertiary alicyclic amines) is 1. The van der Waals surface area contributed by atoms with Gasteiger partial charge in [-0.1, -0.05) is 54.1 Å². The van der Waals surface area contributed by atoms with E-state index in [1.165, 1.54) is 0 Å². The van der Waals surface area contributed by atoms with Crippen LogP contribution in [-0.4, -0.2) is 39.7 Å². The zero-order chi connectivity index (χ0) is 19.5. The molecule has 1 amide bonds. The topological polar surface area (TPSA) is 64.2 Å². The van der Waals surface area contributed by atoms with Crippen LogP contribution in [0.5, 0.6) is 0 Å². The highest BCUT2D eigenvalue weighted by molar-refractivity contribution is 6.30. The third-order valence-electron chi connectivity index (χ3n) is 5.12. The van der Waals surface area contributed by atoms with Crippen LogP contribution in [0.2, 0.25) is 5.02 Å². The molecular weight excluding hydrogens is 407 g/mol. The van der Waals surface area contributed by atoms with Crippen LogP contribution in [0.1, 0.15) is 28.8 Å². The fourth-order valence-corrected chi connectivity index (χ4v) is 3.65. The molecule has 1 saturated heterocycles. The summed E-state index contributed by atoms with van der Waals surface area (Å²) in [7, 11) is 0. The van der Waals surface area contributed by atoms with Crippen LogP contribution in [-0.2, 0) is 6.54 Å². The van der Waals surface area contributed by atoms with E-state index in [0.717, 1.165) is 24.0 Å². The fourth-order valence-electron chi connectivity index (χ4n) is 3.52. The minimum absolute atomic E-state index is 0. The summed E-state index contributed by atoms with van der Waals surface area (Å²) >= 11 is 6.04. The number of rotatable bonds is 4. The molecule has 7 heteroatoms. The Balaban J connectivity index is 0.00000240. The summed E-state index contributed by atoms with van der Waals surface area (Å²) in [4.78, 5) is 15.1. The number of halogens is 2. The number of nitrogens with zero attached hydrogens (tertiary/aromatic N) is 3. The molecule has 4 rings (SSSR count). The first-order valence-corrected chi connectivity index (χ1v) is 9.90. The molecule has 5 nitrogen and oxygen atoms in total. The normalized spacial score (nSPS) is 14.5. The average molecular weight is 431 g/mol. The molecule has 1 aliphatic heterocycles. The second-order valence-corrected chi connectivity index (χ2v) is 7.65. The van der Waals surface area contributed by atoms with Crippen molar-refractivity contribution < 1.29 is 4.79 Å². The first kappa shape index (κ1) is 21.4. The number of amides is 1. The maximum Gasteiger partial charge on any atom is 0.257 e. The van der Waals surface area contributed by atoms with Crippen molar-refractivity contribution in [2.75, 3.05) is 13.1 Å². The first-order valence-electron chi connectivity index (χ1n) is 9.52. The number of carbonyl (C=O) groups excluding carboxylic acids is 1. The van der Waals surface area contributed by atoms with Crippen LogP contribution >= 0.6 is 24.0 Å². The lowest BCUT2D eigenvalue weighted by molar-refractivity contribution is 0.0715. The van der Waals surface area contributed by atoms with E-state index in [2.05, 4.69) is 12.1 Å². The maximum absolute atomic E-state index is 13.2. The van der Waals surface area contributed by atoms with Crippen molar-refractivity contribution in [1.29, 1.82) is 0 Å². The second-order valence-electron chi connectivity index (χ2n) is 7.21. The van der Waals surface area contributed by atoms with Crippen molar-refractivity contribution in [1.82, 2.24) is 14.7 Å². The zero-order valence-electron chi connectivity index (χ0n) is 16.0. The second kappa shape index (κ2) is 9.44. The molecule has 29 heavy (non-hydrogen) atoms. The third kappa shape index (κ3) is 4.99. The van der Waals surface area contributed by atoms with Gasteiger partial charge >= 0.3 is 0 Å². The summed E-state index contributed by atoms with van der Waals surface area (Å²) in [6.07, 6.45) is 3.52. The molecule has 0 unspecified atom stereocenters. The van der Waals surface area contributed by atoms with E-state index in [0.29, 0.717) is 35.9 Å². The highest BCUT2D eigenvalue weighted by Gasteiger charge is 2.26. The fraction of sp³-hybridized carbons (Fsp3) is 0.273. The molecule has 2 heterocycles. The average Bonchev–Trinajstić information content (AvgIpc) is 3.13. The van der Waals surface area contributed by atoms with E-state index in [4.69, 9.17) is 22.4 Å². The number of carbonyl (C=O) groups is 1.